The molecule has 2 aromatic rings. The summed E-state index contributed by atoms with van der Waals surface area (Å²) < 4.78 is 1.95. The summed E-state index contributed by atoms with van der Waals surface area (Å²) in [6.45, 7) is 4.24. The summed E-state index contributed by atoms with van der Waals surface area (Å²) in [6.07, 6.45) is 5.14. The Balaban J connectivity index is 2.03. The molecule has 0 fully saturated rings. The first-order chi connectivity index (χ1) is 10.2. The zero-order valence-electron chi connectivity index (χ0n) is 12.8. The van der Waals surface area contributed by atoms with Crippen LogP contribution in [0.5, 0.6) is 0 Å². The molecular formula is C17H24ClN3. The van der Waals surface area contributed by atoms with Crippen molar-refractivity contribution in [2.45, 2.75) is 32.1 Å². The normalized spacial score (nSPS) is 12.5. The maximum atomic E-state index is 6.14. The predicted octanol–water partition coefficient (Wildman–Crippen LogP) is 3.79. The van der Waals surface area contributed by atoms with Crippen molar-refractivity contribution in [2.24, 2.45) is 7.05 Å². The van der Waals surface area contributed by atoms with Crippen molar-refractivity contribution >= 4 is 11.6 Å². The number of hydrogen-bond donors (Lipinski definition) is 1. The van der Waals surface area contributed by atoms with Crippen molar-refractivity contribution in [3.63, 3.8) is 0 Å². The average Bonchev–Trinajstić information content (AvgIpc) is 2.88. The largest absolute Gasteiger partial charge is 0.316 e. The highest BCUT2D eigenvalue weighted by atomic mass is 35.5. The quantitative estimate of drug-likeness (QED) is 0.752. The molecule has 0 radical (unpaired) electrons. The molecule has 1 heterocycles. The number of benzene rings is 1. The Hall–Kier alpha value is -1.32. The molecule has 1 N–H and O–H groups in total. The Bertz CT molecular complexity index is 550. The van der Waals surface area contributed by atoms with Gasteiger partial charge in [-0.3, -0.25) is 4.68 Å². The topological polar surface area (TPSA) is 29.9 Å². The Labute approximate surface area is 132 Å². The van der Waals surface area contributed by atoms with Crippen LogP contribution in [0.1, 0.15) is 36.9 Å². The van der Waals surface area contributed by atoms with Gasteiger partial charge in [0.2, 0.25) is 0 Å². The van der Waals surface area contributed by atoms with Gasteiger partial charge in [-0.1, -0.05) is 30.7 Å². The molecule has 1 unspecified atom stereocenters. The first kappa shape index (κ1) is 16.1. The lowest BCUT2D eigenvalue weighted by Gasteiger charge is -2.18. The van der Waals surface area contributed by atoms with Crippen LogP contribution in [0.15, 0.2) is 36.5 Å². The standard InChI is InChI=1S/C17H24ClN3/c1-3-10-19-13-15(14-5-4-6-16(18)12-14)7-8-17-9-11-20-21(17)2/h4-6,9,11-12,15,19H,3,7-8,10,13H2,1-2H3. The molecular weight excluding hydrogens is 282 g/mol. The van der Waals surface area contributed by atoms with Crippen molar-refractivity contribution in [1.82, 2.24) is 15.1 Å². The summed E-state index contributed by atoms with van der Waals surface area (Å²) in [4.78, 5) is 0. The van der Waals surface area contributed by atoms with E-state index in [0.717, 1.165) is 37.4 Å². The summed E-state index contributed by atoms with van der Waals surface area (Å²) in [6, 6.07) is 10.3. The van der Waals surface area contributed by atoms with Crippen LogP contribution in [-0.4, -0.2) is 22.9 Å². The fourth-order valence-corrected chi connectivity index (χ4v) is 2.77. The summed E-state index contributed by atoms with van der Waals surface area (Å²) in [7, 11) is 2.00. The Morgan fingerprint density at radius 2 is 2.19 bits per heavy atom. The lowest BCUT2D eigenvalue weighted by molar-refractivity contribution is 0.538. The molecule has 0 saturated carbocycles. The minimum Gasteiger partial charge on any atom is -0.316 e. The highest BCUT2D eigenvalue weighted by Crippen LogP contribution is 2.24. The predicted molar refractivity (Wildman–Crippen MR) is 88.9 cm³/mol. The molecule has 1 aromatic heterocycles. The van der Waals surface area contributed by atoms with Gasteiger partial charge in [0.15, 0.2) is 0 Å². The van der Waals surface area contributed by atoms with Crippen molar-refractivity contribution in [1.29, 1.82) is 0 Å². The average molecular weight is 306 g/mol. The van der Waals surface area contributed by atoms with Gasteiger partial charge >= 0.3 is 0 Å². The van der Waals surface area contributed by atoms with Crippen molar-refractivity contribution in [3.8, 4) is 0 Å². The summed E-state index contributed by atoms with van der Waals surface area (Å²) >= 11 is 6.14. The molecule has 0 aliphatic carbocycles. The second-order valence-corrected chi connectivity index (χ2v) is 5.88. The number of nitrogens with zero attached hydrogens (tertiary/aromatic N) is 2. The van der Waals surface area contributed by atoms with Crippen LogP contribution in [0, 0.1) is 0 Å². The van der Waals surface area contributed by atoms with Gasteiger partial charge in [-0.15, -0.1) is 0 Å². The molecule has 0 saturated heterocycles. The van der Waals surface area contributed by atoms with E-state index < -0.39 is 0 Å². The van der Waals surface area contributed by atoms with E-state index in [2.05, 4.69) is 35.5 Å². The van der Waals surface area contributed by atoms with Crippen LogP contribution in [0.3, 0.4) is 0 Å². The number of nitrogens with one attached hydrogen (secondary N) is 1. The van der Waals surface area contributed by atoms with Crippen molar-refractivity contribution < 1.29 is 0 Å². The Morgan fingerprint density at radius 3 is 2.86 bits per heavy atom. The molecule has 0 spiro atoms. The zero-order valence-corrected chi connectivity index (χ0v) is 13.6. The molecule has 1 atom stereocenters. The number of aromatic nitrogens is 2. The van der Waals surface area contributed by atoms with E-state index in [9.17, 15) is 0 Å². The van der Waals surface area contributed by atoms with E-state index in [4.69, 9.17) is 11.6 Å². The third-order valence-corrected chi connectivity index (χ3v) is 4.04. The van der Waals surface area contributed by atoms with Crippen LogP contribution in [0.2, 0.25) is 5.02 Å². The van der Waals surface area contributed by atoms with E-state index >= 15 is 0 Å². The Kier molecular flexibility index (Phi) is 6.27. The van der Waals surface area contributed by atoms with Gasteiger partial charge in [0.1, 0.15) is 0 Å². The molecule has 21 heavy (non-hydrogen) atoms. The number of halogens is 1. The van der Waals surface area contributed by atoms with Crippen LogP contribution >= 0.6 is 11.6 Å². The van der Waals surface area contributed by atoms with Crippen LogP contribution < -0.4 is 5.32 Å². The first-order valence-corrected chi connectivity index (χ1v) is 8.01. The molecule has 114 valence electrons. The van der Waals surface area contributed by atoms with Crippen LogP contribution in [0.4, 0.5) is 0 Å². The lowest BCUT2D eigenvalue weighted by atomic mass is 9.93. The van der Waals surface area contributed by atoms with E-state index in [1.165, 1.54) is 11.3 Å². The van der Waals surface area contributed by atoms with Gasteiger partial charge in [-0.25, -0.2) is 0 Å². The van der Waals surface area contributed by atoms with Gasteiger partial charge in [-0.05, 0) is 55.5 Å². The minimum atomic E-state index is 0.477. The summed E-state index contributed by atoms with van der Waals surface area (Å²) in [5, 5.41) is 8.58. The third kappa shape index (κ3) is 4.87. The van der Waals surface area contributed by atoms with E-state index in [1.807, 2.05) is 30.1 Å². The summed E-state index contributed by atoms with van der Waals surface area (Å²) in [5.74, 6) is 0.477. The maximum absolute atomic E-state index is 6.14. The fraction of sp³-hybridized carbons (Fsp3) is 0.471. The zero-order chi connectivity index (χ0) is 15.1. The molecule has 0 bridgehead atoms. The van der Waals surface area contributed by atoms with Crippen LogP contribution in [0.25, 0.3) is 0 Å². The first-order valence-electron chi connectivity index (χ1n) is 7.63. The third-order valence-electron chi connectivity index (χ3n) is 3.81. The highest BCUT2D eigenvalue weighted by Gasteiger charge is 2.13. The van der Waals surface area contributed by atoms with Crippen LogP contribution in [-0.2, 0) is 13.5 Å². The molecule has 0 aliphatic rings. The SMILES string of the molecule is CCCNCC(CCc1ccnn1C)c1cccc(Cl)c1. The number of hydrogen-bond acceptors (Lipinski definition) is 2. The maximum Gasteiger partial charge on any atom is 0.0492 e. The molecule has 0 amide bonds. The Morgan fingerprint density at radius 1 is 1.33 bits per heavy atom. The number of aryl methyl sites for hydroxylation is 2. The van der Waals surface area contributed by atoms with Gasteiger partial charge in [0, 0.05) is 30.5 Å². The van der Waals surface area contributed by atoms with Crippen molar-refractivity contribution in [3.05, 3.63) is 52.8 Å². The highest BCUT2D eigenvalue weighted by molar-refractivity contribution is 6.30. The second kappa shape index (κ2) is 8.20. The van der Waals surface area contributed by atoms with E-state index in [0.29, 0.717) is 5.92 Å². The molecule has 4 heteroatoms. The van der Waals surface area contributed by atoms with E-state index in [1.54, 1.807) is 0 Å². The smallest absolute Gasteiger partial charge is 0.0492 e. The van der Waals surface area contributed by atoms with Gasteiger partial charge in [-0.2, -0.15) is 5.10 Å². The minimum absolute atomic E-state index is 0.477. The monoisotopic (exact) mass is 305 g/mol. The van der Waals surface area contributed by atoms with E-state index in [-0.39, 0.29) is 0 Å². The molecule has 3 nitrogen and oxygen atoms in total. The second-order valence-electron chi connectivity index (χ2n) is 5.44. The van der Waals surface area contributed by atoms with Gasteiger partial charge < -0.3 is 5.32 Å². The fourth-order valence-electron chi connectivity index (χ4n) is 2.57. The lowest BCUT2D eigenvalue weighted by Crippen LogP contribution is -2.23. The van der Waals surface area contributed by atoms with Crippen molar-refractivity contribution in [2.75, 3.05) is 13.1 Å². The van der Waals surface area contributed by atoms with Gasteiger partial charge in [0.05, 0.1) is 0 Å². The van der Waals surface area contributed by atoms with Gasteiger partial charge in [0.25, 0.3) is 0 Å². The molecule has 1 aromatic carbocycles. The molecule has 2 rings (SSSR count). The summed E-state index contributed by atoms with van der Waals surface area (Å²) in [5.41, 5.74) is 2.59. The molecule has 0 aliphatic heterocycles. The number of rotatable bonds is 8.